The van der Waals surface area contributed by atoms with E-state index in [1.807, 2.05) is 0 Å². The summed E-state index contributed by atoms with van der Waals surface area (Å²) in [5.41, 5.74) is -0.304. The number of thioether (sulfide) groups is 1. The third-order valence-electron chi connectivity index (χ3n) is 2.49. The van der Waals surface area contributed by atoms with Gasteiger partial charge in [0.1, 0.15) is 4.90 Å². The second kappa shape index (κ2) is 6.37. The molecule has 1 amide bonds. The molecule has 1 fully saturated rings. The molecule has 1 heterocycles. The van der Waals surface area contributed by atoms with Crippen molar-refractivity contribution in [3.63, 3.8) is 0 Å². The number of rotatable bonds is 4. The molecule has 1 aliphatic heterocycles. The Balaban J connectivity index is 2.44. The average molecular weight is 379 g/mol. The first-order valence-electron chi connectivity index (χ1n) is 5.70. The number of hydrogen-bond donors (Lipinski definition) is 3. The normalized spacial score (nSPS) is 17.8. The third kappa shape index (κ3) is 4.59. The summed E-state index contributed by atoms with van der Waals surface area (Å²) in [6.45, 7) is 0. The molecule has 3 N–H and O–H groups in total. The highest BCUT2D eigenvalue weighted by atomic mass is 32.2. The fourth-order valence-electron chi connectivity index (χ4n) is 1.55. The van der Waals surface area contributed by atoms with Gasteiger partial charge in [-0.3, -0.25) is 13.9 Å². The smallest absolute Gasteiger partial charge is 0.295 e. The highest BCUT2D eigenvalue weighted by Gasteiger charge is 2.19. The lowest BCUT2D eigenvalue weighted by atomic mass is 10.2. The minimum atomic E-state index is -4.65. The van der Waals surface area contributed by atoms with Crippen molar-refractivity contribution in [2.24, 2.45) is 10.2 Å². The Hall–Kier alpha value is -1.80. The Labute approximate surface area is 135 Å². The second-order valence-electron chi connectivity index (χ2n) is 4.14. The van der Waals surface area contributed by atoms with Gasteiger partial charge in [0.05, 0.1) is 16.9 Å². The molecular weight excluding hydrogens is 370 g/mol. The quantitative estimate of drug-likeness (QED) is 0.366. The highest BCUT2D eigenvalue weighted by Crippen LogP contribution is 2.19. The SMILES string of the molecule is O=C1CSC(=NN=Cc2cc(S(=O)(=O)O)ccc2S(=O)(=O)O)N1. The van der Waals surface area contributed by atoms with E-state index in [9.17, 15) is 21.6 Å². The highest BCUT2D eigenvalue weighted by molar-refractivity contribution is 8.15. The summed E-state index contributed by atoms with van der Waals surface area (Å²) in [6, 6.07) is 2.43. The molecule has 1 aromatic carbocycles. The second-order valence-corrected chi connectivity index (χ2v) is 7.91. The van der Waals surface area contributed by atoms with Gasteiger partial charge in [0.25, 0.3) is 20.2 Å². The van der Waals surface area contributed by atoms with E-state index in [1.54, 1.807) is 0 Å². The largest absolute Gasteiger partial charge is 0.303 e. The van der Waals surface area contributed by atoms with Gasteiger partial charge in [-0.2, -0.15) is 21.9 Å². The first-order valence-corrected chi connectivity index (χ1v) is 9.56. The van der Waals surface area contributed by atoms with Gasteiger partial charge in [-0.05, 0) is 18.2 Å². The fourth-order valence-corrected chi connectivity index (χ4v) is 3.34. The molecule has 0 unspecified atom stereocenters. The number of nitrogens with zero attached hydrogens (tertiary/aromatic N) is 2. The minimum Gasteiger partial charge on any atom is -0.303 e. The van der Waals surface area contributed by atoms with E-state index in [4.69, 9.17) is 9.11 Å². The van der Waals surface area contributed by atoms with Crippen LogP contribution in [0.1, 0.15) is 5.56 Å². The van der Waals surface area contributed by atoms with E-state index < -0.39 is 30.0 Å². The van der Waals surface area contributed by atoms with Crippen molar-refractivity contribution in [1.29, 1.82) is 0 Å². The summed E-state index contributed by atoms with van der Waals surface area (Å²) in [5.74, 6) is -0.0981. The van der Waals surface area contributed by atoms with Crippen LogP contribution >= 0.6 is 11.8 Å². The number of benzene rings is 1. The molecule has 0 spiro atoms. The van der Waals surface area contributed by atoms with Crippen LogP contribution in [0, 0.1) is 0 Å². The molecule has 13 heteroatoms. The van der Waals surface area contributed by atoms with Crippen molar-refractivity contribution in [3.8, 4) is 0 Å². The number of hydrogen-bond acceptors (Lipinski definition) is 8. The molecule has 0 saturated carbocycles. The third-order valence-corrected chi connectivity index (χ3v) is 5.13. The topological polar surface area (TPSA) is 163 Å². The predicted molar refractivity (Wildman–Crippen MR) is 81.7 cm³/mol. The van der Waals surface area contributed by atoms with Crippen molar-refractivity contribution in [2.45, 2.75) is 9.79 Å². The molecule has 2 rings (SSSR count). The zero-order valence-corrected chi connectivity index (χ0v) is 13.5. The average Bonchev–Trinajstić information content (AvgIpc) is 2.82. The predicted octanol–water partition coefficient (Wildman–Crippen LogP) is -0.267. The summed E-state index contributed by atoms with van der Waals surface area (Å²) in [4.78, 5) is 9.76. The standard InChI is InChI=1S/C10H9N3O7S3/c14-9-5-21-10(12-9)13-11-4-6-3-7(22(15,16)17)1-2-8(6)23(18,19)20/h1-4H,5H2,(H,12,13,14)(H,15,16,17)(H,18,19,20). The van der Waals surface area contributed by atoms with E-state index in [1.165, 1.54) is 0 Å². The van der Waals surface area contributed by atoms with Crippen LogP contribution < -0.4 is 5.32 Å². The number of nitrogens with one attached hydrogen (secondary N) is 1. The lowest BCUT2D eigenvalue weighted by Gasteiger charge is -2.04. The van der Waals surface area contributed by atoms with Crippen LogP contribution in [0.25, 0.3) is 0 Å². The van der Waals surface area contributed by atoms with Gasteiger partial charge in [0.15, 0.2) is 5.17 Å². The Morgan fingerprint density at radius 1 is 1.17 bits per heavy atom. The number of carbonyl (C=O) groups is 1. The lowest BCUT2D eigenvalue weighted by molar-refractivity contribution is -0.116. The van der Waals surface area contributed by atoms with Gasteiger partial charge in [-0.15, -0.1) is 5.10 Å². The van der Waals surface area contributed by atoms with Crippen LogP contribution in [0.5, 0.6) is 0 Å². The Bertz CT molecular complexity index is 919. The summed E-state index contributed by atoms with van der Waals surface area (Å²) in [7, 11) is -9.22. The van der Waals surface area contributed by atoms with Crippen LogP contribution in [0.2, 0.25) is 0 Å². The molecule has 1 aliphatic rings. The first-order chi connectivity index (χ1) is 10.6. The monoisotopic (exact) mass is 379 g/mol. The molecule has 124 valence electrons. The van der Waals surface area contributed by atoms with Crippen molar-refractivity contribution in [2.75, 3.05) is 5.75 Å². The van der Waals surface area contributed by atoms with Crippen molar-refractivity contribution < 1.29 is 30.7 Å². The van der Waals surface area contributed by atoms with Crippen LogP contribution in [0.15, 0.2) is 38.2 Å². The number of amides is 1. The zero-order valence-electron chi connectivity index (χ0n) is 11.1. The van der Waals surface area contributed by atoms with Gasteiger partial charge >= 0.3 is 0 Å². The van der Waals surface area contributed by atoms with E-state index in [0.29, 0.717) is 0 Å². The molecule has 10 nitrogen and oxygen atoms in total. The first kappa shape index (κ1) is 17.6. The van der Waals surface area contributed by atoms with Gasteiger partial charge in [-0.1, -0.05) is 11.8 Å². The Kier molecular flexibility index (Phi) is 4.86. The number of carbonyl (C=O) groups excluding carboxylic acids is 1. The molecule has 0 atom stereocenters. The molecule has 0 radical (unpaired) electrons. The van der Waals surface area contributed by atoms with Gasteiger partial charge in [-0.25, -0.2) is 0 Å². The van der Waals surface area contributed by atoms with Crippen molar-refractivity contribution >= 4 is 49.3 Å². The van der Waals surface area contributed by atoms with E-state index in [2.05, 4.69) is 15.5 Å². The summed E-state index contributed by atoms with van der Waals surface area (Å²) in [6.07, 6.45) is 0.871. The zero-order chi connectivity index (χ0) is 17.3. The van der Waals surface area contributed by atoms with Crippen LogP contribution in [0.3, 0.4) is 0 Å². The maximum Gasteiger partial charge on any atom is 0.295 e. The van der Waals surface area contributed by atoms with E-state index in [-0.39, 0.29) is 22.4 Å². The maximum atomic E-state index is 11.3. The minimum absolute atomic E-state index is 0.170. The fraction of sp³-hybridized carbons (Fsp3) is 0.100. The lowest BCUT2D eigenvalue weighted by Crippen LogP contribution is -2.19. The Morgan fingerprint density at radius 3 is 2.39 bits per heavy atom. The Morgan fingerprint density at radius 2 is 1.87 bits per heavy atom. The molecule has 1 aromatic rings. The van der Waals surface area contributed by atoms with Crippen molar-refractivity contribution in [3.05, 3.63) is 23.8 Å². The van der Waals surface area contributed by atoms with Gasteiger partial charge in [0.2, 0.25) is 5.91 Å². The summed E-state index contributed by atoms with van der Waals surface area (Å²) < 4.78 is 62.8. The van der Waals surface area contributed by atoms with Crippen LogP contribution in [0.4, 0.5) is 0 Å². The summed E-state index contributed by atoms with van der Waals surface area (Å²) >= 11 is 1.07. The van der Waals surface area contributed by atoms with Gasteiger partial charge in [0, 0.05) is 5.56 Å². The molecule has 23 heavy (non-hydrogen) atoms. The number of amidine groups is 1. The van der Waals surface area contributed by atoms with Gasteiger partial charge < -0.3 is 5.32 Å². The van der Waals surface area contributed by atoms with Crippen LogP contribution in [-0.2, 0) is 25.0 Å². The molecule has 1 saturated heterocycles. The van der Waals surface area contributed by atoms with E-state index in [0.717, 1.165) is 36.2 Å². The maximum absolute atomic E-state index is 11.3. The van der Waals surface area contributed by atoms with Crippen molar-refractivity contribution in [1.82, 2.24) is 5.32 Å². The molecule has 0 aliphatic carbocycles. The van der Waals surface area contributed by atoms with Crippen LogP contribution in [-0.4, -0.2) is 49.0 Å². The molecule has 0 bridgehead atoms. The van der Waals surface area contributed by atoms with E-state index >= 15 is 0 Å². The summed E-state index contributed by atoms with van der Waals surface area (Å²) in [5, 5.41) is 9.71. The molecular formula is C10H9N3O7S3. The molecule has 0 aromatic heterocycles.